The van der Waals surface area contributed by atoms with Crippen LogP contribution in [-0.4, -0.2) is 61.3 Å². The quantitative estimate of drug-likeness (QED) is 0.559. The Kier molecular flexibility index (Phi) is 7.37. The molecule has 9 heteroatoms. The van der Waals surface area contributed by atoms with E-state index < -0.39 is 12.0 Å². The molecule has 3 atom stereocenters. The molecule has 0 saturated carbocycles. The zero-order valence-electron chi connectivity index (χ0n) is 18.2. The molecule has 2 heterocycles. The van der Waals surface area contributed by atoms with Crippen molar-refractivity contribution < 1.29 is 29.0 Å². The lowest BCUT2D eigenvalue weighted by Gasteiger charge is -2.23. The van der Waals surface area contributed by atoms with E-state index in [1.54, 1.807) is 30.0 Å². The second kappa shape index (κ2) is 10.00. The number of nitrogens with zero attached hydrogens (tertiary/aromatic N) is 1. The maximum Gasteiger partial charge on any atom is 0.242 e. The van der Waals surface area contributed by atoms with E-state index in [0.717, 1.165) is 0 Å². The second-order valence-corrected chi connectivity index (χ2v) is 8.48. The number of benzene rings is 1. The van der Waals surface area contributed by atoms with Crippen molar-refractivity contribution in [2.75, 3.05) is 31.3 Å². The van der Waals surface area contributed by atoms with Gasteiger partial charge in [-0.15, -0.1) is 0 Å². The van der Waals surface area contributed by atoms with Gasteiger partial charge in [0.05, 0.1) is 18.6 Å². The molecule has 3 rings (SSSR count). The van der Waals surface area contributed by atoms with Gasteiger partial charge in [0.2, 0.25) is 17.7 Å². The summed E-state index contributed by atoms with van der Waals surface area (Å²) in [5, 5.41) is 14.9. The molecule has 2 aliphatic heterocycles. The van der Waals surface area contributed by atoms with Crippen LogP contribution in [0.3, 0.4) is 0 Å². The van der Waals surface area contributed by atoms with Crippen molar-refractivity contribution in [2.24, 2.45) is 11.8 Å². The second-order valence-electron chi connectivity index (χ2n) is 8.48. The molecule has 1 fully saturated rings. The van der Waals surface area contributed by atoms with Gasteiger partial charge in [0, 0.05) is 24.7 Å². The number of amides is 3. The largest absolute Gasteiger partial charge is 0.486 e. The molecular formula is C22H31N3O6. The molecule has 0 radical (unpaired) electrons. The Hall–Kier alpha value is -2.81. The van der Waals surface area contributed by atoms with Gasteiger partial charge in [-0.3, -0.25) is 14.4 Å². The van der Waals surface area contributed by atoms with Gasteiger partial charge < -0.3 is 30.1 Å². The van der Waals surface area contributed by atoms with E-state index >= 15 is 0 Å². The molecule has 9 nitrogen and oxygen atoms in total. The monoisotopic (exact) mass is 433 g/mol. The number of ether oxygens (including phenoxy) is 2. The van der Waals surface area contributed by atoms with Crippen LogP contribution in [0.25, 0.3) is 0 Å². The summed E-state index contributed by atoms with van der Waals surface area (Å²) in [6.45, 7) is 6.60. The Bertz CT molecular complexity index is 827. The van der Waals surface area contributed by atoms with Crippen LogP contribution in [-0.2, 0) is 14.4 Å². The summed E-state index contributed by atoms with van der Waals surface area (Å²) >= 11 is 0. The van der Waals surface area contributed by atoms with E-state index in [-0.39, 0.29) is 43.3 Å². The van der Waals surface area contributed by atoms with Crippen LogP contribution in [0.2, 0.25) is 0 Å². The molecule has 2 aliphatic rings. The highest BCUT2D eigenvalue weighted by Gasteiger charge is 2.36. The van der Waals surface area contributed by atoms with Crippen molar-refractivity contribution in [3.05, 3.63) is 18.2 Å². The third-order valence-corrected chi connectivity index (χ3v) is 5.41. The summed E-state index contributed by atoms with van der Waals surface area (Å²) < 4.78 is 11.1. The van der Waals surface area contributed by atoms with Gasteiger partial charge in [0.1, 0.15) is 19.3 Å². The van der Waals surface area contributed by atoms with Crippen LogP contribution in [0.4, 0.5) is 5.69 Å². The summed E-state index contributed by atoms with van der Waals surface area (Å²) in [6, 6.07) is 4.14. The molecule has 0 aliphatic carbocycles. The minimum absolute atomic E-state index is 0.0707. The van der Waals surface area contributed by atoms with E-state index in [9.17, 15) is 19.5 Å². The molecule has 170 valence electrons. The van der Waals surface area contributed by atoms with Crippen molar-refractivity contribution in [3.63, 3.8) is 0 Å². The number of nitrogens with one attached hydrogen (secondary N) is 2. The van der Waals surface area contributed by atoms with Crippen LogP contribution in [0, 0.1) is 11.8 Å². The van der Waals surface area contributed by atoms with Crippen molar-refractivity contribution in [3.8, 4) is 11.5 Å². The number of anilines is 1. The van der Waals surface area contributed by atoms with E-state index in [1.165, 1.54) is 0 Å². The van der Waals surface area contributed by atoms with Gasteiger partial charge in [0.15, 0.2) is 11.5 Å². The minimum Gasteiger partial charge on any atom is -0.486 e. The lowest BCUT2D eigenvalue weighted by molar-refractivity contribution is -0.131. The molecule has 1 saturated heterocycles. The first kappa shape index (κ1) is 22.9. The molecule has 3 N–H and O–H groups in total. The lowest BCUT2D eigenvalue weighted by atomic mass is 10.0. The number of hydrogen-bond donors (Lipinski definition) is 3. The Morgan fingerprint density at radius 1 is 1.16 bits per heavy atom. The number of aliphatic hydroxyl groups is 1. The molecule has 0 spiro atoms. The summed E-state index contributed by atoms with van der Waals surface area (Å²) in [5.74, 6) is 0.107. The molecule has 1 aromatic rings. The normalized spacial score (nSPS) is 19.8. The fourth-order valence-corrected chi connectivity index (χ4v) is 3.80. The fourth-order valence-electron chi connectivity index (χ4n) is 3.80. The van der Waals surface area contributed by atoms with Crippen LogP contribution in [0.5, 0.6) is 11.5 Å². The third-order valence-electron chi connectivity index (χ3n) is 5.41. The molecule has 1 aromatic carbocycles. The predicted molar refractivity (Wildman–Crippen MR) is 114 cm³/mol. The van der Waals surface area contributed by atoms with Gasteiger partial charge in [-0.1, -0.05) is 13.8 Å². The van der Waals surface area contributed by atoms with Gasteiger partial charge >= 0.3 is 0 Å². The Morgan fingerprint density at radius 3 is 2.55 bits per heavy atom. The summed E-state index contributed by atoms with van der Waals surface area (Å²) in [4.78, 5) is 39.2. The van der Waals surface area contributed by atoms with Crippen molar-refractivity contribution in [2.45, 2.75) is 45.7 Å². The van der Waals surface area contributed by atoms with Crippen LogP contribution < -0.4 is 25.0 Å². The fraction of sp³-hybridized carbons (Fsp3) is 0.591. The SMILES string of the molecule is CC(C)CC(CO)NC(=O)C(C)NC(=O)C1CC(=O)N(c2ccc3c(c2)OCCO3)C1. The standard InChI is InChI=1S/C22H31N3O6/c1-13(2)8-16(12-26)24-21(28)14(3)23-22(29)15-9-20(27)25(11-15)17-4-5-18-19(10-17)31-7-6-30-18/h4-5,10,13-16,26H,6-9,11-12H2,1-3H3,(H,23,29)(H,24,28). The Balaban J connectivity index is 1.57. The zero-order chi connectivity index (χ0) is 22.5. The first-order chi connectivity index (χ1) is 14.8. The summed E-state index contributed by atoms with van der Waals surface area (Å²) in [7, 11) is 0. The van der Waals surface area contributed by atoms with Crippen LogP contribution >= 0.6 is 0 Å². The molecule has 3 unspecified atom stereocenters. The first-order valence-electron chi connectivity index (χ1n) is 10.7. The van der Waals surface area contributed by atoms with E-state index in [1.807, 2.05) is 13.8 Å². The number of aliphatic hydroxyl groups excluding tert-OH is 1. The number of hydrogen-bond acceptors (Lipinski definition) is 6. The number of carbonyl (C=O) groups is 3. The van der Waals surface area contributed by atoms with Gasteiger partial charge in [-0.05, 0) is 31.4 Å². The summed E-state index contributed by atoms with van der Waals surface area (Å²) in [6.07, 6.45) is 0.714. The first-order valence-corrected chi connectivity index (χ1v) is 10.7. The van der Waals surface area contributed by atoms with Crippen LogP contribution in [0.15, 0.2) is 18.2 Å². The maximum absolute atomic E-state index is 12.7. The molecule has 0 bridgehead atoms. The number of rotatable bonds is 8. The molecule has 0 aromatic heterocycles. The minimum atomic E-state index is -0.771. The van der Waals surface area contributed by atoms with Gasteiger partial charge in [0.25, 0.3) is 0 Å². The molecular weight excluding hydrogens is 402 g/mol. The van der Waals surface area contributed by atoms with Gasteiger partial charge in [-0.25, -0.2) is 0 Å². The van der Waals surface area contributed by atoms with Crippen molar-refractivity contribution in [1.82, 2.24) is 10.6 Å². The van der Waals surface area contributed by atoms with E-state index in [0.29, 0.717) is 42.7 Å². The van der Waals surface area contributed by atoms with Crippen molar-refractivity contribution in [1.29, 1.82) is 0 Å². The van der Waals surface area contributed by atoms with Crippen LogP contribution in [0.1, 0.15) is 33.6 Å². The van der Waals surface area contributed by atoms with E-state index in [4.69, 9.17) is 9.47 Å². The Labute approximate surface area is 182 Å². The highest BCUT2D eigenvalue weighted by molar-refractivity contribution is 6.01. The highest BCUT2D eigenvalue weighted by Crippen LogP contribution is 2.36. The average Bonchev–Trinajstić information content (AvgIpc) is 3.14. The predicted octanol–water partition coefficient (Wildman–Crippen LogP) is 0.839. The van der Waals surface area contributed by atoms with E-state index in [2.05, 4.69) is 10.6 Å². The third kappa shape index (κ3) is 5.66. The summed E-state index contributed by atoms with van der Waals surface area (Å²) in [5.41, 5.74) is 0.648. The topological polar surface area (TPSA) is 117 Å². The lowest BCUT2D eigenvalue weighted by Crippen LogP contribution is -2.50. The average molecular weight is 434 g/mol. The zero-order valence-corrected chi connectivity index (χ0v) is 18.2. The van der Waals surface area contributed by atoms with Crippen molar-refractivity contribution >= 4 is 23.4 Å². The molecule has 3 amide bonds. The Morgan fingerprint density at radius 2 is 1.87 bits per heavy atom. The highest BCUT2D eigenvalue weighted by atomic mass is 16.6. The smallest absolute Gasteiger partial charge is 0.242 e. The maximum atomic E-state index is 12.7. The number of carbonyl (C=O) groups excluding carboxylic acids is 3. The number of fused-ring (bicyclic) bond motifs is 1. The van der Waals surface area contributed by atoms with Gasteiger partial charge in [-0.2, -0.15) is 0 Å². The molecule has 31 heavy (non-hydrogen) atoms.